The van der Waals surface area contributed by atoms with E-state index in [-0.39, 0.29) is 9.79 Å². The summed E-state index contributed by atoms with van der Waals surface area (Å²) in [6.45, 7) is 0.258. The van der Waals surface area contributed by atoms with Crippen molar-refractivity contribution in [3.05, 3.63) is 60.7 Å². The summed E-state index contributed by atoms with van der Waals surface area (Å²) < 4.78 is 54.7. The smallest absolute Gasteiger partial charge is 0.304 e. The summed E-state index contributed by atoms with van der Waals surface area (Å²) in [5.41, 5.74) is 0. The summed E-state index contributed by atoms with van der Waals surface area (Å²) >= 11 is 0. The van der Waals surface area contributed by atoms with Gasteiger partial charge in [-0.05, 0) is 31.2 Å². The molecule has 0 radical (unpaired) electrons. The average Bonchev–Trinajstić information content (AvgIpc) is 2.74. The third kappa shape index (κ3) is 6.13. The molecule has 2 rings (SSSR count). The van der Waals surface area contributed by atoms with Crippen LogP contribution >= 0.6 is 0 Å². The second kappa shape index (κ2) is 10.7. The molecule has 174 valence electrons. The maximum Gasteiger partial charge on any atom is 0.304 e. The van der Waals surface area contributed by atoms with Crippen molar-refractivity contribution >= 4 is 32.0 Å². The molecule has 0 spiro atoms. The van der Waals surface area contributed by atoms with E-state index >= 15 is 0 Å². The minimum absolute atomic E-state index is 0.146. The normalized spacial score (nSPS) is 12.4. The van der Waals surface area contributed by atoms with E-state index in [9.17, 15) is 26.4 Å². The molecule has 32 heavy (non-hydrogen) atoms. The van der Waals surface area contributed by atoms with Crippen molar-refractivity contribution in [3.8, 4) is 0 Å². The molecule has 0 atom stereocenters. The first-order valence-electron chi connectivity index (χ1n) is 9.55. The molecule has 2 aromatic carbocycles. The van der Waals surface area contributed by atoms with E-state index in [2.05, 4.69) is 0 Å². The van der Waals surface area contributed by atoms with Crippen molar-refractivity contribution in [2.24, 2.45) is 0 Å². The van der Waals surface area contributed by atoms with Gasteiger partial charge in [-0.15, -0.1) is 0 Å². The lowest BCUT2D eigenvalue weighted by Gasteiger charge is -2.35. The number of sulfonamides is 2. The Balaban J connectivity index is 2.57. The van der Waals surface area contributed by atoms with Crippen molar-refractivity contribution in [2.45, 2.75) is 35.7 Å². The Kier molecular flexibility index (Phi) is 8.50. The highest BCUT2D eigenvalue weighted by Gasteiger charge is 2.38. The molecule has 0 bridgehead atoms. The van der Waals surface area contributed by atoms with Gasteiger partial charge in [-0.1, -0.05) is 36.4 Å². The van der Waals surface area contributed by atoms with E-state index in [1.165, 1.54) is 55.5 Å². The number of carboxylic acid groups (broad SMARTS) is 2. The molecule has 0 saturated heterocycles. The van der Waals surface area contributed by atoms with Crippen molar-refractivity contribution in [2.75, 3.05) is 13.1 Å². The van der Waals surface area contributed by atoms with Crippen LogP contribution in [0.3, 0.4) is 0 Å². The van der Waals surface area contributed by atoms with Crippen molar-refractivity contribution in [1.29, 1.82) is 0 Å². The standard InChI is InChI=1S/C20H24N2O8S2/c1-16(21(14-12-19(23)24)31(27,28)17-8-4-2-5-9-17)22(15-13-20(25)26)32(29,30)18-10-6-3-7-11-18/h2-11,16H,12-15H2,1H3,(H,23,24)(H,25,26). The predicted molar refractivity (Wildman–Crippen MR) is 115 cm³/mol. The van der Waals surface area contributed by atoms with Crippen LogP contribution in [0.15, 0.2) is 70.5 Å². The SMILES string of the molecule is CC(N(CCC(=O)O)S(=O)(=O)c1ccccc1)N(CCC(=O)O)S(=O)(=O)c1ccccc1. The lowest BCUT2D eigenvalue weighted by Crippen LogP contribution is -2.52. The molecule has 10 nitrogen and oxygen atoms in total. The Morgan fingerprint density at radius 2 is 1.03 bits per heavy atom. The highest BCUT2D eigenvalue weighted by molar-refractivity contribution is 7.90. The average molecular weight is 485 g/mol. The van der Waals surface area contributed by atoms with Crippen molar-refractivity contribution in [3.63, 3.8) is 0 Å². The van der Waals surface area contributed by atoms with Crippen LogP contribution in [0.4, 0.5) is 0 Å². The number of rotatable bonds is 12. The number of carboxylic acids is 2. The molecule has 0 unspecified atom stereocenters. The van der Waals surface area contributed by atoms with Crippen LogP contribution in [-0.4, -0.2) is 66.9 Å². The largest absolute Gasteiger partial charge is 0.481 e. The fourth-order valence-corrected chi connectivity index (χ4v) is 6.32. The van der Waals surface area contributed by atoms with Crippen LogP contribution in [0.2, 0.25) is 0 Å². The number of carbonyl (C=O) groups is 2. The summed E-state index contributed by atoms with van der Waals surface area (Å²) in [5, 5.41) is 18.2. The van der Waals surface area contributed by atoms with E-state index in [0.29, 0.717) is 0 Å². The van der Waals surface area contributed by atoms with Gasteiger partial charge in [0.2, 0.25) is 20.0 Å². The summed E-state index contributed by atoms with van der Waals surface area (Å²) in [5.74, 6) is -2.54. The lowest BCUT2D eigenvalue weighted by molar-refractivity contribution is -0.137. The Bertz CT molecular complexity index is 1050. The molecule has 0 aliphatic heterocycles. The first-order valence-corrected chi connectivity index (χ1v) is 12.4. The predicted octanol–water partition coefficient (Wildman–Crippen LogP) is 1.66. The number of benzene rings is 2. The van der Waals surface area contributed by atoms with Gasteiger partial charge in [0.25, 0.3) is 0 Å². The third-order valence-corrected chi connectivity index (χ3v) is 8.57. The Labute approximate surface area is 186 Å². The lowest BCUT2D eigenvalue weighted by atomic mass is 10.4. The fourth-order valence-electron chi connectivity index (χ4n) is 3.03. The summed E-state index contributed by atoms with van der Waals surface area (Å²) in [7, 11) is -8.61. The molecule has 0 saturated carbocycles. The van der Waals surface area contributed by atoms with Gasteiger partial charge in [-0.2, -0.15) is 8.61 Å². The number of hydrogen-bond acceptors (Lipinski definition) is 6. The molecule has 0 aliphatic carbocycles. The van der Waals surface area contributed by atoms with Gasteiger partial charge in [0.1, 0.15) is 0 Å². The van der Waals surface area contributed by atoms with E-state index in [1.54, 1.807) is 12.1 Å². The van der Waals surface area contributed by atoms with E-state index in [0.717, 1.165) is 8.61 Å². The Hall–Kier alpha value is -2.80. The van der Waals surface area contributed by atoms with Gasteiger partial charge in [-0.3, -0.25) is 9.59 Å². The van der Waals surface area contributed by atoms with Crippen LogP contribution in [0.5, 0.6) is 0 Å². The Morgan fingerprint density at radius 3 is 1.31 bits per heavy atom. The maximum atomic E-state index is 13.3. The number of nitrogens with zero attached hydrogens (tertiary/aromatic N) is 2. The van der Waals surface area contributed by atoms with Crippen molar-refractivity contribution < 1.29 is 36.6 Å². The molecule has 0 heterocycles. The number of hydrogen-bond donors (Lipinski definition) is 2. The van der Waals surface area contributed by atoms with E-state index in [4.69, 9.17) is 10.2 Å². The highest BCUT2D eigenvalue weighted by atomic mass is 32.2. The van der Waals surface area contributed by atoms with E-state index in [1.807, 2.05) is 0 Å². The zero-order valence-corrected chi connectivity index (χ0v) is 18.9. The quantitative estimate of drug-likeness (QED) is 0.432. The first-order chi connectivity index (χ1) is 15.0. The van der Waals surface area contributed by atoms with Crippen LogP contribution in [0.1, 0.15) is 19.8 Å². The van der Waals surface area contributed by atoms with Gasteiger partial charge in [-0.25, -0.2) is 16.8 Å². The molecule has 0 fully saturated rings. The van der Waals surface area contributed by atoms with Gasteiger partial charge in [0.15, 0.2) is 0 Å². The van der Waals surface area contributed by atoms with Gasteiger partial charge < -0.3 is 10.2 Å². The minimum Gasteiger partial charge on any atom is -0.481 e. The van der Waals surface area contributed by atoms with Crippen LogP contribution in [-0.2, 0) is 29.6 Å². The van der Waals surface area contributed by atoms with Crippen LogP contribution < -0.4 is 0 Å². The Morgan fingerprint density at radius 1 is 0.719 bits per heavy atom. The molecule has 2 aromatic rings. The van der Waals surface area contributed by atoms with Crippen LogP contribution in [0, 0.1) is 0 Å². The second-order valence-corrected chi connectivity index (χ2v) is 10.6. The summed E-state index contributed by atoms with van der Waals surface area (Å²) in [4.78, 5) is 22.0. The second-order valence-electron chi connectivity index (χ2n) is 6.78. The molecular formula is C20H24N2O8S2. The first kappa shape index (κ1) is 25.5. The number of aliphatic carboxylic acids is 2. The topological polar surface area (TPSA) is 149 Å². The fraction of sp³-hybridized carbons (Fsp3) is 0.300. The zero-order valence-electron chi connectivity index (χ0n) is 17.2. The third-order valence-electron chi connectivity index (χ3n) is 4.63. The van der Waals surface area contributed by atoms with Crippen molar-refractivity contribution in [1.82, 2.24) is 8.61 Å². The monoisotopic (exact) mass is 484 g/mol. The summed E-state index contributed by atoms with van der Waals surface area (Å²) in [6, 6.07) is 14.4. The zero-order chi connectivity index (χ0) is 23.9. The van der Waals surface area contributed by atoms with E-state index < -0.39 is 64.1 Å². The van der Waals surface area contributed by atoms with Crippen LogP contribution in [0.25, 0.3) is 0 Å². The molecule has 0 aromatic heterocycles. The maximum absolute atomic E-state index is 13.3. The molecule has 2 N–H and O–H groups in total. The summed E-state index contributed by atoms with van der Waals surface area (Å²) in [6.07, 6.45) is -2.55. The molecule has 12 heteroatoms. The molecular weight excluding hydrogens is 460 g/mol. The molecule has 0 amide bonds. The van der Waals surface area contributed by atoms with Gasteiger partial charge in [0, 0.05) is 13.1 Å². The van der Waals surface area contributed by atoms with Gasteiger partial charge >= 0.3 is 11.9 Å². The highest BCUT2D eigenvalue weighted by Crippen LogP contribution is 2.25. The van der Waals surface area contributed by atoms with Gasteiger partial charge in [0.05, 0.1) is 28.8 Å². The molecule has 0 aliphatic rings. The minimum atomic E-state index is -4.31.